The van der Waals surface area contributed by atoms with Crippen molar-refractivity contribution in [1.82, 2.24) is 0 Å². The summed E-state index contributed by atoms with van der Waals surface area (Å²) in [4.78, 5) is 11.1. The lowest BCUT2D eigenvalue weighted by atomic mass is 10.3. The summed E-state index contributed by atoms with van der Waals surface area (Å²) in [5, 5.41) is -0.597. The fourth-order valence-corrected chi connectivity index (χ4v) is 3.15. The topological polar surface area (TPSA) is 54.0 Å². The molecule has 0 heterocycles. The molecular weight excluding hydrogens is 264 g/mol. The Morgan fingerprint density at radius 2 is 1.71 bits per heavy atom. The summed E-state index contributed by atoms with van der Waals surface area (Å²) in [6.45, 7) is 1.94. The molecule has 102 valence electrons. The molecule has 1 atom stereocenters. The monoisotopic (exact) mass is 284 g/mol. The molecule has 0 spiro atoms. The Labute approximate surface area is 109 Å². The van der Waals surface area contributed by atoms with Crippen LogP contribution in [-0.4, -0.2) is 48.1 Å². The van der Waals surface area contributed by atoms with Gasteiger partial charge in [-0.3, -0.25) is 4.79 Å². The summed E-state index contributed by atoms with van der Waals surface area (Å²) in [5.41, 5.74) is 0. The molecule has 0 aliphatic carbocycles. The zero-order valence-electron chi connectivity index (χ0n) is 10.8. The van der Waals surface area contributed by atoms with Crippen molar-refractivity contribution in [3.63, 3.8) is 0 Å². The molecule has 1 unspecified atom stereocenters. The number of unbranched alkanes of at least 4 members (excludes halogenated alkanes) is 1. The molecule has 5 nitrogen and oxygen atoms in total. The number of hydrogen-bond donors (Lipinski definition) is 0. The second kappa shape index (κ2) is 8.88. The largest absolute Gasteiger partial charge is 0.500 e. The molecule has 0 amide bonds. The third kappa shape index (κ3) is 6.37. The Kier molecular flexibility index (Phi) is 8.80. The first-order valence-electron chi connectivity index (χ1n) is 5.47. The Hall–Kier alpha value is -0.143. The van der Waals surface area contributed by atoms with Gasteiger partial charge in [0.1, 0.15) is 5.38 Å². The lowest BCUT2D eigenvalue weighted by molar-refractivity contribution is -0.142. The van der Waals surface area contributed by atoms with Gasteiger partial charge in [0, 0.05) is 27.4 Å². The Balaban J connectivity index is 3.73. The fourth-order valence-electron chi connectivity index (χ4n) is 1.29. The van der Waals surface area contributed by atoms with Crippen LogP contribution in [0.1, 0.15) is 19.8 Å². The van der Waals surface area contributed by atoms with Gasteiger partial charge < -0.3 is 18.0 Å². The van der Waals surface area contributed by atoms with E-state index < -0.39 is 14.2 Å². The molecule has 0 rings (SSSR count). The SMILES string of the molecule is CO[Si](CCCCOC(=O)C(C)Cl)(OC)OC. The zero-order valence-corrected chi connectivity index (χ0v) is 12.6. The average Bonchev–Trinajstić information content (AvgIpc) is 2.34. The zero-order chi connectivity index (χ0) is 13.3. The van der Waals surface area contributed by atoms with Crippen molar-refractivity contribution >= 4 is 26.4 Å². The molecule has 0 saturated carbocycles. The third-order valence-corrected chi connectivity index (χ3v) is 5.39. The van der Waals surface area contributed by atoms with Crippen molar-refractivity contribution in [3.8, 4) is 0 Å². The van der Waals surface area contributed by atoms with Crippen LogP contribution < -0.4 is 0 Å². The van der Waals surface area contributed by atoms with Gasteiger partial charge in [-0.15, -0.1) is 11.6 Å². The maximum Gasteiger partial charge on any atom is 0.500 e. The Morgan fingerprint density at radius 3 is 2.12 bits per heavy atom. The Morgan fingerprint density at radius 1 is 1.18 bits per heavy atom. The summed E-state index contributed by atoms with van der Waals surface area (Å²) in [6, 6.07) is 0.699. The van der Waals surface area contributed by atoms with Crippen molar-refractivity contribution in [2.24, 2.45) is 0 Å². The summed E-state index contributed by atoms with van der Waals surface area (Å²) in [7, 11) is 2.25. The van der Waals surface area contributed by atoms with E-state index in [0.717, 1.165) is 12.8 Å². The number of carbonyl (C=O) groups excluding carboxylic acids is 1. The van der Waals surface area contributed by atoms with Gasteiger partial charge in [-0.2, -0.15) is 0 Å². The lowest BCUT2D eigenvalue weighted by Gasteiger charge is -2.24. The minimum absolute atomic E-state index is 0.359. The van der Waals surface area contributed by atoms with Crippen molar-refractivity contribution in [3.05, 3.63) is 0 Å². The molecule has 0 N–H and O–H groups in total. The minimum atomic E-state index is -2.48. The van der Waals surface area contributed by atoms with E-state index in [4.69, 9.17) is 29.6 Å². The molecule has 0 radical (unpaired) electrons. The molecule has 0 saturated heterocycles. The van der Waals surface area contributed by atoms with Crippen molar-refractivity contribution in [1.29, 1.82) is 0 Å². The maximum atomic E-state index is 11.1. The molecule has 17 heavy (non-hydrogen) atoms. The van der Waals surface area contributed by atoms with Crippen LogP contribution in [0, 0.1) is 0 Å². The smallest absolute Gasteiger partial charge is 0.465 e. The van der Waals surface area contributed by atoms with E-state index in [2.05, 4.69) is 0 Å². The number of esters is 1. The molecule has 0 aliphatic heterocycles. The predicted molar refractivity (Wildman–Crippen MR) is 67.1 cm³/mol. The van der Waals surface area contributed by atoms with Gasteiger partial charge in [-0.05, 0) is 19.8 Å². The Bertz CT molecular complexity index is 212. The van der Waals surface area contributed by atoms with Crippen LogP contribution in [-0.2, 0) is 22.8 Å². The molecule has 0 fully saturated rings. The van der Waals surface area contributed by atoms with Crippen LogP contribution in [0.25, 0.3) is 0 Å². The van der Waals surface area contributed by atoms with Crippen molar-refractivity contribution < 1.29 is 22.8 Å². The quantitative estimate of drug-likeness (QED) is 0.280. The van der Waals surface area contributed by atoms with Gasteiger partial charge in [0.05, 0.1) is 6.61 Å². The molecule has 7 heteroatoms. The number of halogens is 1. The summed E-state index contributed by atoms with van der Waals surface area (Å²) >= 11 is 5.55. The van der Waals surface area contributed by atoms with E-state index >= 15 is 0 Å². The minimum Gasteiger partial charge on any atom is -0.465 e. The van der Waals surface area contributed by atoms with Gasteiger partial charge in [0.2, 0.25) is 0 Å². The second-order valence-electron chi connectivity index (χ2n) is 3.54. The van der Waals surface area contributed by atoms with Crippen LogP contribution in [0.2, 0.25) is 6.04 Å². The van der Waals surface area contributed by atoms with E-state index in [0.29, 0.717) is 12.7 Å². The van der Waals surface area contributed by atoms with Crippen LogP contribution >= 0.6 is 11.6 Å². The highest BCUT2D eigenvalue weighted by molar-refractivity contribution is 6.60. The predicted octanol–water partition coefficient (Wildman–Crippen LogP) is 1.82. The van der Waals surface area contributed by atoms with Gasteiger partial charge >= 0.3 is 14.8 Å². The molecule has 0 aliphatic rings. The number of rotatable bonds is 9. The van der Waals surface area contributed by atoms with Crippen molar-refractivity contribution in [2.75, 3.05) is 27.9 Å². The van der Waals surface area contributed by atoms with Gasteiger partial charge in [0.15, 0.2) is 0 Å². The van der Waals surface area contributed by atoms with Crippen LogP contribution in [0.15, 0.2) is 0 Å². The highest BCUT2D eigenvalue weighted by Gasteiger charge is 2.36. The normalized spacial score (nSPS) is 13.5. The lowest BCUT2D eigenvalue weighted by Crippen LogP contribution is -2.42. The first kappa shape index (κ1) is 16.9. The molecular formula is C10H21ClO5Si. The maximum absolute atomic E-state index is 11.1. The molecule has 0 bridgehead atoms. The number of hydrogen-bond acceptors (Lipinski definition) is 5. The molecule has 0 aromatic carbocycles. The van der Waals surface area contributed by atoms with Crippen LogP contribution in [0.4, 0.5) is 0 Å². The molecule has 0 aromatic heterocycles. The fraction of sp³-hybridized carbons (Fsp3) is 0.900. The van der Waals surface area contributed by atoms with Crippen LogP contribution in [0.5, 0.6) is 0 Å². The summed E-state index contributed by atoms with van der Waals surface area (Å²) in [5.74, 6) is -0.389. The van der Waals surface area contributed by atoms with E-state index in [1.54, 1.807) is 28.3 Å². The molecule has 0 aromatic rings. The van der Waals surface area contributed by atoms with Gasteiger partial charge in [-0.25, -0.2) is 0 Å². The third-order valence-electron chi connectivity index (χ3n) is 2.38. The standard InChI is InChI=1S/C10H21ClO5Si/c1-9(11)10(12)16-7-5-6-8-17(13-2,14-3)15-4/h9H,5-8H2,1-4H3. The van der Waals surface area contributed by atoms with Crippen molar-refractivity contribution in [2.45, 2.75) is 31.2 Å². The number of carbonyl (C=O) groups is 1. The second-order valence-corrected chi connectivity index (χ2v) is 7.28. The van der Waals surface area contributed by atoms with Gasteiger partial charge in [0.25, 0.3) is 0 Å². The highest BCUT2D eigenvalue weighted by atomic mass is 35.5. The summed E-state index contributed by atoms with van der Waals surface area (Å²) < 4.78 is 20.7. The summed E-state index contributed by atoms with van der Waals surface area (Å²) in [6.07, 6.45) is 1.55. The first-order chi connectivity index (χ1) is 8.01. The number of alkyl halides is 1. The van der Waals surface area contributed by atoms with Crippen LogP contribution in [0.3, 0.4) is 0 Å². The first-order valence-corrected chi connectivity index (χ1v) is 7.84. The van der Waals surface area contributed by atoms with E-state index in [1.165, 1.54) is 0 Å². The van der Waals surface area contributed by atoms with Gasteiger partial charge in [-0.1, -0.05) is 0 Å². The van der Waals surface area contributed by atoms with E-state index in [1.807, 2.05) is 0 Å². The highest BCUT2D eigenvalue weighted by Crippen LogP contribution is 2.16. The van der Waals surface area contributed by atoms with E-state index in [9.17, 15) is 4.79 Å². The number of ether oxygens (including phenoxy) is 1. The van der Waals surface area contributed by atoms with E-state index in [-0.39, 0.29) is 5.97 Å². The average molecular weight is 285 g/mol.